The number of nitrogens with zero attached hydrogens (tertiary/aromatic N) is 3. The number of amides is 2. The highest BCUT2D eigenvalue weighted by Gasteiger charge is 2.27. The third-order valence-corrected chi connectivity index (χ3v) is 6.30. The van der Waals surface area contributed by atoms with Crippen LogP contribution in [0.25, 0.3) is 0 Å². The predicted molar refractivity (Wildman–Crippen MR) is 135 cm³/mol. The molecule has 35 heavy (non-hydrogen) atoms. The molecular formula is C27H30FN5O2. The van der Waals surface area contributed by atoms with Crippen molar-refractivity contribution in [2.24, 2.45) is 0 Å². The normalized spacial score (nSPS) is 14.9. The van der Waals surface area contributed by atoms with Gasteiger partial charge < -0.3 is 15.5 Å². The smallest absolute Gasteiger partial charge is 0.313 e. The monoisotopic (exact) mass is 475 g/mol. The number of anilines is 2. The number of piperazine rings is 1. The lowest BCUT2D eigenvalue weighted by molar-refractivity contribution is -0.136. The summed E-state index contributed by atoms with van der Waals surface area (Å²) < 4.78 is 14.2. The minimum absolute atomic E-state index is 0.160. The number of para-hydroxylation sites is 1. The van der Waals surface area contributed by atoms with Crippen molar-refractivity contribution in [3.8, 4) is 0 Å². The summed E-state index contributed by atoms with van der Waals surface area (Å²) in [5.41, 5.74) is 3.28. The summed E-state index contributed by atoms with van der Waals surface area (Å²) in [6.07, 6.45) is 4.38. The van der Waals surface area contributed by atoms with E-state index in [-0.39, 0.29) is 18.4 Å². The Morgan fingerprint density at radius 2 is 1.71 bits per heavy atom. The van der Waals surface area contributed by atoms with Crippen LogP contribution in [-0.2, 0) is 16.0 Å². The van der Waals surface area contributed by atoms with Crippen LogP contribution in [0.1, 0.15) is 24.1 Å². The highest BCUT2D eigenvalue weighted by molar-refractivity contribution is 6.39. The van der Waals surface area contributed by atoms with E-state index in [0.717, 1.165) is 17.5 Å². The average molecular weight is 476 g/mol. The van der Waals surface area contributed by atoms with E-state index in [4.69, 9.17) is 0 Å². The topological polar surface area (TPSA) is 77.6 Å². The van der Waals surface area contributed by atoms with E-state index < -0.39 is 11.8 Å². The number of rotatable bonds is 7. The number of hydrogen-bond acceptors (Lipinski definition) is 5. The van der Waals surface area contributed by atoms with Gasteiger partial charge in [0, 0.05) is 50.8 Å². The van der Waals surface area contributed by atoms with Crippen LogP contribution in [0.3, 0.4) is 0 Å². The first-order valence-corrected chi connectivity index (χ1v) is 11.9. The summed E-state index contributed by atoms with van der Waals surface area (Å²) in [5, 5.41) is 5.43. The van der Waals surface area contributed by atoms with E-state index in [1.54, 1.807) is 36.7 Å². The zero-order valence-corrected chi connectivity index (χ0v) is 19.8. The highest BCUT2D eigenvalue weighted by atomic mass is 19.1. The van der Waals surface area contributed by atoms with Crippen molar-refractivity contribution in [1.82, 2.24) is 15.2 Å². The Bertz CT molecular complexity index is 1130. The summed E-state index contributed by atoms with van der Waals surface area (Å²) in [6, 6.07) is 17.9. The van der Waals surface area contributed by atoms with Crippen LogP contribution in [0.2, 0.25) is 0 Å². The first-order valence-electron chi connectivity index (χ1n) is 11.9. The fraction of sp³-hybridized carbons (Fsp3) is 0.296. The SMILES string of the molecule is CCc1ccc(NC(=O)C(=O)NC[C@H](c2cccnc2)N2CCN(c3ccccc3F)CC2)cc1. The van der Waals surface area contributed by atoms with Crippen molar-refractivity contribution < 1.29 is 14.0 Å². The highest BCUT2D eigenvalue weighted by Crippen LogP contribution is 2.25. The quantitative estimate of drug-likeness (QED) is 0.512. The van der Waals surface area contributed by atoms with E-state index in [0.29, 0.717) is 37.6 Å². The molecule has 1 aliphatic heterocycles. The Kier molecular flexibility index (Phi) is 8.05. The van der Waals surface area contributed by atoms with Gasteiger partial charge in [-0.05, 0) is 47.9 Å². The van der Waals surface area contributed by atoms with Gasteiger partial charge in [0.15, 0.2) is 0 Å². The lowest BCUT2D eigenvalue weighted by atomic mass is 10.1. The van der Waals surface area contributed by atoms with Crippen LogP contribution in [-0.4, -0.2) is 54.4 Å². The van der Waals surface area contributed by atoms with Gasteiger partial charge in [0.1, 0.15) is 5.82 Å². The van der Waals surface area contributed by atoms with Crippen molar-refractivity contribution in [1.29, 1.82) is 0 Å². The number of aromatic nitrogens is 1. The first kappa shape index (κ1) is 24.3. The van der Waals surface area contributed by atoms with Crippen molar-refractivity contribution in [3.63, 3.8) is 0 Å². The van der Waals surface area contributed by atoms with Crippen molar-refractivity contribution in [3.05, 3.63) is 90.0 Å². The molecule has 1 fully saturated rings. The molecule has 0 saturated carbocycles. The maximum atomic E-state index is 14.2. The lowest BCUT2D eigenvalue weighted by Gasteiger charge is -2.40. The zero-order chi connectivity index (χ0) is 24.6. The van der Waals surface area contributed by atoms with Crippen LogP contribution >= 0.6 is 0 Å². The molecule has 2 aromatic carbocycles. The molecule has 0 unspecified atom stereocenters. The molecule has 0 radical (unpaired) electrons. The number of carbonyl (C=O) groups excluding carboxylic acids is 2. The molecule has 2 amide bonds. The number of aryl methyl sites for hydroxylation is 1. The van der Waals surface area contributed by atoms with Crippen molar-refractivity contribution in [2.45, 2.75) is 19.4 Å². The molecule has 3 aromatic rings. The van der Waals surface area contributed by atoms with E-state index in [2.05, 4.69) is 27.4 Å². The fourth-order valence-electron chi connectivity index (χ4n) is 4.29. The Labute approximate surface area is 205 Å². The molecule has 0 aliphatic carbocycles. The Hall–Kier alpha value is -3.78. The lowest BCUT2D eigenvalue weighted by Crippen LogP contribution is -2.50. The second-order valence-corrected chi connectivity index (χ2v) is 8.49. The van der Waals surface area contributed by atoms with E-state index in [1.807, 2.05) is 35.2 Å². The second kappa shape index (κ2) is 11.6. The van der Waals surface area contributed by atoms with Gasteiger partial charge in [-0.1, -0.05) is 37.3 Å². The Morgan fingerprint density at radius 3 is 2.37 bits per heavy atom. The van der Waals surface area contributed by atoms with Crippen LogP contribution in [0, 0.1) is 5.82 Å². The van der Waals surface area contributed by atoms with Crippen molar-refractivity contribution in [2.75, 3.05) is 42.9 Å². The number of benzene rings is 2. The van der Waals surface area contributed by atoms with Gasteiger partial charge in [0.2, 0.25) is 0 Å². The fourth-order valence-corrected chi connectivity index (χ4v) is 4.29. The molecule has 1 saturated heterocycles. The molecule has 7 nitrogen and oxygen atoms in total. The third-order valence-electron chi connectivity index (χ3n) is 6.30. The number of pyridine rings is 1. The van der Waals surface area contributed by atoms with Gasteiger partial charge in [-0.15, -0.1) is 0 Å². The van der Waals surface area contributed by atoms with E-state index in [1.165, 1.54) is 6.07 Å². The maximum absolute atomic E-state index is 14.2. The van der Waals surface area contributed by atoms with Crippen LogP contribution < -0.4 is 15.5 Å². The van der Waals surface area contributed by atoms with Gasteiger partial charge in [-0.2, -0.15) is 0 Å². The standard InChI is InChI=1S/C27H30FN5O2/c1-2-20-9-11-22(12-10-20)31-27(35)26(34)30-19-25(21-6-5-13-29-18-21)33-16-14-32(15-17-33)24-8-4-3-7-23(24)28/h3-13,18,25H,2,14-17,19H2,1H3,(H,30,34)(H,31,35)/t25-/m1/s1. The molecule has 1 aromatic heterocycles. The number of carbonyl (C=O) groups is 2. The number of nitrogens with one attached hydrogen (secondary N) is 2. The Morgan fingerprint density at radius 1 is 0.971 bits per heavy atom. The molecule has 0 bridgehead atoms. The van der Waals surface area contributed by atoms with Crippen molar-refractivity contribution >= 4 is 23.2 Å². The maximum Gasteiger partial charge on any atom is 0.313 e. The van der Waals surface area contributed by atoms with Gasteiger partial charge in [0.25, 0.3) is 0 Å². The summed E-state index contributed by atoms with van der Waals surface area (Å²) >= 11 is 0. The summed E-state index contributed by atoms with van der Waals surface area (Å²) in [4.78, 5) is 33.5. The molecule has 8 heteroatoms. The number of hydrogen-bond donors (Lipinski definition) is 2. The second-order valence-electron chi connectivity index (χ2n) is 8.49. The Balaban J connectivity index is 1.38. The van der Waals surface area contributed by atoms with E-state index in [9.17, 15) is 14.0 Å². The summed E-state index contributed by atoms with van der Waals surface area (Å²) in [7, 11) is 0. The molecule has 1 atom stereocenters. The van der Waals surface area contributed by atoms with Gasteiger partial charge in [0.05, 0.1) is 11.7 Å². The predicted octanol–water partition coefficient (Wildman–Crippen LogP) is 3.40. The summed E-state index contributed by atoms with van der Waals surface area (Å²) in [6.45, 7) is 4.98. The molecule has 2 heterocycles. The molecule has 4 rings (SSSR count). The minimum atomic E-state index is -0.705. The van der Waals surface area contributed by atoms with Crippen LogP contribution in [0.4, 0.5) is 15.8 Å². The van der Waals surface area contributed by atoms with Gasteiger partial charge in [-0.3, -0.25) is 19.5 Å². The number of halogens is 1. The summed E-state index contributed by atoms with van der Waals surface area (Å²) in [5.74, 6) is -1.63. The molecule has 2 N–H and O–H groups in total. The van der Waals surface area contributed by atoms with Gasteiger partial charge >= 0.3 is 11.8 Å². The molecule has 182 valence electrons. The molecule has 0 spiro atoms. The molecule has 1 aliphatic rings. The van der Waals surface area contributed by atoms with Gasteiger partial charge in [-0.25, -0.2) is 4.39 Å². The average Bonchev–Trinajstić information content (AvgIpc) is 2.90. The molecular weight excluding hydrogens is 445 g/mol. The van der Waals surface area contributed by atoms with E-state index >= 15 is 0 Å². The first-order chi connectivity index (χ1) is 17.0. The largest absolute Gasteiger partial charge is 0.367 e. The minimum Gasteiger partial charge on any atom is -0.367 e. The zero-order valence-electron chi connectivity index (χ0n) is 19.8. The third kappa shape index (κ3) is 6.22. The van der Waals surface area contributed by atoms with Crippen LogP contribution in [0.15, 0.2) is 73.1 Å². The van der Waals surface area contributed by atoms with Crippen LogP contribution in [0.5, 0.6) is 0 Å².